The van der Waals surface area contributed by atoms with Gasteiger partial charge in [0.15, 0.2) is 0 Å². The number of nitrogens with zero attached hydrogens (tertiary/aromatic N) is 1. The molecule has 0 spiro atoms. The lowest BCUT2D eigenvalue weighted by Crippen LogP contribution is -2.64. The average molecular weight is 434 g/mol. The van der Waals surface area contributed by atoms with E-state index in [9.17, 15) is 9.59 Å². The van der Waals surface area contributed by atoms with Crippen LogP contribution in [0.5, 0.6) is 0 Å². The molecule has 0 radical (unpaired) electrons. The van der Waals surface area contributed by atoms with Gasteiger partial charge in [0.05, 0.1) is 7.11 Å². The maximum absolute atomic E-state index is 12.4. The van der Waals surface area contributed by atoms with Crippen LogP contribution in [0.4, 0.5) is 0 Å². The van der Waals surface area contributed by atoms with Crippen LogP contribution >= 0.6 is 0 Å². The standard InChI is InChI=1S/C25H39NO5/c1-7-25(8-2)18-21(30-23(28)16-12-15-22(27)29-6)17-24(4,5)26(25)31-19(3)20-13-10-9-11-14-20/h9-11,13-14,19,21H,7-8,12,15-18H2,1-6H3. The monoisotopic (exact) mass is 433 g/mol. The summed E-state index contributed by atoms with van der Waals surface area (Å²) in [4.78, 5) is 30.3. The molecule has 1 aromatic carbocycles. The largest absolute Gasteiger partial charge is 0.469 e. The lowest BCUT2D eigenvalue weighted by molar-refractivity contribution is -0.323. The summed E-state index contributed by atoms with van der Waals surface area (Å²) in [5.41, 5.74) is 0.616. The summed E-state index contributed by atoms with van der Waals surface area (Å²) in [5, 5.41) is 2.18. The number of methoxy groups -OCH3 is 1. The molecular weight excluding hydrogens is 394 g/mol. The molecule has 0 N–H and O–H groups in total. The minimum Gasteiger partial charge on any atom is -0.469 e. The molecule has 6 nitrogen and oxygen atoms in total. The van der Waals surface area contributed by atoms with E-state index in [1.165, 1.54) is 7.11 Å². The van der Waals surface area contributed by atoms with Crippen molar-refractivity contribution in [3.63, 3.8) is 0 Å². The van der Waals surface area contributed by atoms with Gasteiger partial charge in [0, 0.05) is 36.8 Å². The van der Waals surface area contributed by atoms with Gasteiger partial charge < -0.3 is 9.47 Å². The zero-order chi connectivity index (χ0) is 23.1. The third-order valence-electron chi connectivity index (χ3n) is 6.45. The molecule has 0 bridgehead atoms. The van der Waals surface area contributed by atoms with E-state index in [4.69, 9.17) is 9.57 Å². The molecular formula is C25H39NO5. The van der Waals surface area contributed by atoms with E-state index in [2.05, 4.69) is 56.6 Å². The smallest absolute Gasteiger partial charge is 0.306 e. The molecule has 0 aliphatic carbocycles. The van der Waals surface area contributed by atoms with E-state index >= 15 is 0 Å². The molecule has 1 heterocycles. The van der Waals surface area contributed by atoms with Gasteiger partial charge in [-0.25, -0.2) is 0 Å². The first-order chi connectivity index (χ1) is 14.7. The third-order valence-corrected chi connectivity index (χ3v) is 6.45. The number of hydrogen-bond acceptors (Lipinski definition) is 6. The second-order valence-corrected chi connectivity index (χ2v) is 9.15. The van der Waals surface area contributed by atoms with Crippen LogP contribution in [-0.2, 0) is 23.9 Å². The average Bonchev–Trinajstić information content (AvgIpc) is 2.75. The molecule has 1 fully saturated rings. The molecule has 2 unspecified atom stereocenters. The molecule has 2 atom stereocenters. The van der Waals surface area contributed by atoms with Crippen molar-refractivity contribution < 1.29 is 23.9 Å². The highest BCUT2D eigenvalue weighted by molar-refractivity contribution is 5.72. The van der Waals surface area contributed by atoms with Crippen molar-refractivity contribution in [3.8, 4) is 0 Å². The maximum Gasteiger partial charge on any atom is 0.306 e. The fourth-order valence-corrected chi connectivity index (χ4v) is 4.69. The summed E-state index contributed by atoms with van der Waals surface area (Å²) in [6.07, 6.45) is 3.86. The Bertz CT molecular complexity index is 714. The second kappa shape index (κ2) is 11.1. The summed E-state index contributed by atoms with van der Waals surface area (Å²) in [7, 11) is 1.35. The molecule has 6 heteroatoms. The number of rotatable bonds is 10. The fraction of sp³-hybridized carbons (Fsp3) is 0.680. The van der Waals surface area contributed by atoms with Gasteiger partial charge in [-0.15, -0.1) is 0 Å². The first-order valence-electron chi connectivity index (χ1n) is 11.5. The van der Waals surface area contributed by atoms with Crippen molar-refractivity contribution in [2.75, 3.05) is 7.11 Å². The van der Waals surface area contributed by atoms with Crippen LogP contribution in [0.1, 0.15) is 91.2 Å². The number of benzene rings is 1. The maximum atomic E-state index is 12.4. The van der Waals surface area contributed by atoms with Crippen LogP contribution in [0, 0.1) is 0 Å². The highest BCUT2D eigenvalue weighted by atomic mass is 16.7. The van der Waals surface area contributed by atoms with Crippen molar-refractivity contribution in [2.45, 2.75) is 103 Å². The Morgan fingerprint density at radius 1 is 1.06 bits per heavy atom. The lowest BCUT2D eigenvalue weighted by atomic mass is 9.75. The molecule has 0 aromatic heterocycles. The highest BCUT2D eigenvalue weighted by Crippen LogP contribution is 2.45. The van der Waals surface area contributed by atoms with Gasteiger partial charge >= 0.3 is 11.9 Å². The number of carbonyl (C=O) groups excluding carboxylic acids is 2. The van der Waals surface area contributed by atoms with E-state index < -0.39 is 0 Å². The van der Waals surface area contributed by atoms with Gasteiger partial charge in [0.25, 0.3) is 0 Å². The van der Waals surface area contributed by atoms with Crippen molar-refractivity contribution in [1.29, 1.82) is 0 Å². The Morgan fingerprint density at radius 2 is 1.68 bits per heavy atom. The Morgan fingerprint density at radius 3 is 2.26 bits per heavy atom. The Hall–Kier alpha value is -1.92. The summed E-state index contributed by atoms with van der Waals surface area (Å²) in [5.74, 6) is -0.555. The molecule has 0 amide bonds. The van der Waals surface area contributed by atoms with Crippen LogP contribution in [0.2, 0.25) is 0 Å². The molecule has 174 valence electrons. The molecule has 2 rings (SSSR count). The summed E-state index contributed by atoms with van der Waals surface area (Å²) in [6.45, 7) is 10.7. The van der Waals surface area contributed by atoms with Gasteiger partial charge in [0.1, 0.15) is 12.2 Å². The van der Waals surface area contributed by atoms with Gasteiger partial charge in [-0.05, 0) is 45.6 Å². The van der Waals surface area contributed by atoms with E-state index in [0.717, 1.165) is 24.8 Å². The predicted molar refractivity (Wildman–Crippen MR) is 120 cm³/mol. The molecule has 31 heavy (non-hydrogen) atoms. The lowest BCUT2D eigenvalue weighted by Gasteiger charge is -2.56. The molecule has 1 saturated heterocycles. The van der Waals surface area contributed by atoms with Crippen LogP contribution in [0.3, 0.4) is 0 Å². The zero-order valence-electron chi connectivity index (χ0n) is 20.0. The summed E-state index contributed by atoms with van der Waals surface area (Å²) in [6, 6.07) is 10.2. The number of hydroxylamine groups is 2. The molecule has 1 aromatic rings. The molecule has 1 aliphatic heterocycles. The van der Waals surface area contributed by atoms with Crippen LogP contribution in [0.15, 0.2) is 30.3 Å². The Balaban J connectivity index is 2.09. The first kappa shape index (κ1) is 25.3. The van der Waals surface area contributed by atoms with E-state index in [-0.39, 0.29) is 48.1 Å². The summed E-state index contributed by atoms with van der Waals surface area (Å²) < 4.78 is 10.5. The van der Waals surface area contributed by atoms with Crippen molar-refractivity contribution in [3.05, 3.63) is 35.9 Å². The van der Waals surface area contributed by atoms with Gasteiger partial charge in [-0.3, -0.25) is 14.4 Å². The van der Waals surface area contributed by atoms with Crippen LogP contribution < -0.4 is 0 Å². The molecule has 0 saturated carbocycles. The predicted octanol–water partition coefficient (Wildman–Crippen LogP) is 5.37. The normalized spacial score (nSPS) is 21.3. The highest BCUT2D eigenvalue weighted by Gasteiger charge is 2.51. The van der Waals surface area contributed by atoms with Crippen molar-refractivity contribution in [1.82, 2.24) is 5.06 Å². The quantitative estimate of drug-likeness (QED) is 0.462. The van der Waals surface area contributed by atoms with Gasteiger partial charge in [-0.2, -0.15) is 5.06 Å². The van der Waals surface area contributed by atoms with Crippen LogP contribution in [0.25, 0.3) is 0 Å². The van der Waals surface area contributed by atoms with Crippen molar-refractivity contribution in [2.24, 2.45) is 0 Å². The van der Waals surface area contributed by atoms with E-state index in [1.807, 2.05) is 18.2 Å². The Labute approximate surface area is 187 Å². The number of esters is 2. The molecule has 1 aliphatic rings. The minimum absolute atomic E-state index is 0.0737. The van der Waals surface area contributed by atoms with E-state index in [0.29, 0.717) is 12.8 Å². The van der Waals surface area contributed by atoms with Crippen molar-refractivity contribution >= 4 is 11.9 Å². The number of hydrogen-bond donors (Lipinski definition) is 0. The topological polar surface area (TPSA) is 65.1 Å². The second-order valence-electron chi connectivity index (χ2n) is 9.15. The Kier molecular flexibility index (Phi) is 9.07. The summed E-state index contributed by atoms with van der Waals surface area (Å²) >= 11 is 0. The number of carbonyl (C=O) groups is 2. The van der Waals surface area contributed by atoms with Gasteiger partial charge in [-0.1, -0.05) is 44.2 Å². The SMILES string of the molecule is CCC1(CC)CC(OC(=O)CCCC(=O)OC)CC(C)(C)N1OC(C)c1ccccc1. The van der Waals surface area contributed by atoms with E-state index in [1.54, 1.807) is 0 Å². The number of piperidine rings is 1. The fourth-order valence-electron chi connectivity index (χ4n) is 4.69. The minimum atomic E-state index is -0.303. The van der Waals surface area contributed by atoms with Gasteiger partial charge in [0.2, 0.25) is 0 Å². The zero-order valence-corrected chi connectivity index (χ0v) is 20.0. The first-order valence-corrected chi connectivity index (χ1v) is 11.5. The van der Waals surface area contributed by atoms with Crippen LogP contribution in [-0.4, -0.2) is 41.3 Å². The number of ether oxygens (including phenoxy) is 2. The third kappa shape index (κ3) is 6.53.